The number of amides is 1. The molecule has 1 amide bonds. The van der Waals surface area contributed by atoms with Crippen LogP contribution in [-0.2, 0) is 4.79 Å². The molecule has 1 N–H and O–H groups in total. The predicted molar refractivity (Wildman–Crippen MR) is 94.0 cm³/mol. The third-order valence-corrected chi connectivity index (χ3v) is 4.80. The van der Waals surface area contributed by atoms with E-state index in [1.807, 2.05) is 30.3 Å². The first-order valence-electron chi connectivity index (χ1n) is 8.20. The molecule has 0 radical (unpaired) electrons. The number of hydrogen-bond donors (Lipinski definition) is 1. The summed E-state index contributed by atoms with van der Waals surface area (Å²) in [6.07, 6.45) is 0. The van der Waals surface area contributed by atoms with Gasteiger partial charge in [-0.25, -0.2) is 0 Å². The Bertz CT molecular complexity index is 865. The maximum absolute atomic E-state index is 12.9. The van der Waals surface area contributed by atoms with Gasteiger partial charge in [-0.2, -0.15) is 0 Å². The lowest BCUT2D eigenvalue weighted by atomic mass is 9.89. The number of non-ortho nitro benzene ring substituents is 1. The summed E-state index contributed by atoms with van der Waals surface area (Å²) in [7, 11) is 0. The van der Waals surface area contributed by atoms with Crippen LogP contribution >= 0.6 is 0 Å². The lowest BCUT2D eigenvalue weighted by molar-refractivity contribution is -0.384. The maximum Gasteiger partial charge on any atom is 0.308 e. The van der Waals surface area contributed by atoms with E-state index < -0.39 is 16.8 Å². The molecule has 0 saturated carbocycles. The molecule has 3 rings (SSSR count). The number of carbonyl (C=O) groups excluding carboxylic acids is 1. The second-order valence-corrected chi connectivity index (χ2v) is 6.43. The van der Waals surface area contributed by atoms with E-state index in [-0.39, 0.29) is 24.1 Å². The largest absolute Gasteiger partial charge is 0.481 e. The molecule has 134 valence electrons. The van der Waals surface area contributed by atoms with Crippen LogP contribution in [0.2, 0.25) is 0 Å². The molecule has 2 aromatic carbocycles. The molecule has 2 unspecified atom stereocenters. The van der Waals surface area contributed by atoms with Crippen molar-refractivity contribution in [1.82, 2.24) is 4.90 Å². The summed E-state index contributed by atoms with van der Waals surface area (Å²) in [6.45, 7) is 2.06. The van der Waals surface area contributed by atoms with Crippen LogP contribution in [0.25, 0.3) is 0 Å². The molecule has 1 heterocycles. The highest BCUT2D eigenvalue weighted by Gasteiger charge is 2.40. The number of aliphatic carboxylic acids is 1. The molecule has 1 fully saturated rings. The summed E-state index contributed by atoms with van der Waals surface area (Å²) in [5.41, 5.74) is 1.66. The van der Waals surface area contributed by atoms with Gasteiger partial charge in [0, 0.05) is 36.7 Å². The number of carboxylic acids is 1. The molecule has 0 spiro atoms. The van der Waals surface area contributed by atoms with E-state index in [0.29, 0.717) is 17.7 Å². The van der Waals surface area contributed by atoms with Crippen molar-refractivity contribution in [3.8, 4) is 0 Å². The van der Waals surface area contributed by atoms with E-state index in [9.17, 15) is 24.8 Å². The highest BCUT2D eigenvalue weighted by Crippen LogP contribution is 2.34. The summed E-state index contributed by atoms with van der Waals surface area (Å²) in [6, 6.07) is 13.4. The van der Waals surface area contributed by atoms with Crippen LogP contribution in [0, 0.1) is 23.0 Å². The molecule has 1 aliphatic rings. The zero-order valence-electron chi connectivity index (χ0n) is 14.2. The number of nitrogens with zero attached hydrogens (tertiary/aromatic N) is 2. The van der Waals surface area contributed by atoms with Crippen molar-refractivity contribution in [1.29, 1.82) is 0 Å². The fraction of sp³-hybridized carbons (Fsp3) is 0.263. The van der Waals surface area contributed by atoms with Crippen molar-refractivity contribution in [2.75, 3.05) is 13.1 Å². The number of benzene rings is 2. The third-order valence-electron chi connectivity index (χ3n) is 4.80. The molecule has 0 aromatic heterocycles. The van der Waals surface area contributed by atoms with Crippen LogP contribution in [0.1, 0.15) is 27.4 Å². The Kier molecular flexibility index (Phi) is 4.71. The minimum atomic E-state index is -0.936. The van der Waals surface area contributed by atoms with Crippen molar-refractivity contribution in [2.24, 2.45) is 5.92 Å². The first kappa shape index (κ1) is 17.6. The molecule has 0 bridgehead atoms. The van der Waals surface area contributed by atoms with E-state index in [4.69, 9.17) is 0 Å². The predicted octanol–water partition coefficient (Wildman–Crippen LogP) is 2.84. The van der Waals surface area contributed by atoms with Crippen molar-refractivity contribution >= 4 is 17.6 Å². The quantitative estimate of drug-likeness (QED) is 0.672. The summed E-state index contributed by atoms with van der Waals surface area (Å²) < 4.78 is 0. The molecule has 2 atom stereocenters. The minimum absolute atomic E-state index is 0.0777. The van der Waals surface area contributed by atoms with Crippen molar-refractivity contribution in [3.63, 3.8) is 0 Å². The number of nitro benzene ring substituents is 1. The average Bonchev–Trinajstić information content (AvgIpc) is 3.07. The monoisotopic (exact) mass is 354 g/mol. The number of hydrogen-bond acceptors (Lipinski definition) is 4. The van der Waals surface area contributed by atoms with Crippen molar-refractivity contribution in [3.05, 3.63) is 75.3 Å². The summed E-state index contributed by atoms with van der Waals surface area (Å²) in [5, 5.41) is 20.4. The maximum atomic E-state index is 12.9. The Labute approximate surface area is 150 Å². The Morgan fingerprint density at radius 3 is 2.42 bits per heavy atom. The van der Waals surface area contributed by atoms with Gasteiger partial charge in [0.2, 0.25) is 0 Å². The highest BCUT2D eigenvalue weighted by molar-refractivity contribution is 5.96. The Morgan fingerprint density at radius 2 is 1.85 bits per heavy atom. The fourth-order valence-electron chi connectivity index (χ4n) is 3.43. The smallest absolute Gasteiger partial charge is 0.308 e. The summed E-state index contributed by atoms with van der Waals surface area (Å²) in [5.74, 6) is -2.20. The molecule has 26 heavy (non-hydrogen) atoms. The van der Waals surface area contributed by atoms with Gasteiger partial charge in [-0.1, -0.05) is 30.3 Å². The van der Waals surface area contributed by atoms with Crippen LogP contribution < -0.4 is 0 Å². The van der Waals surface area contributed by atoms with Crippen LogP contribution in [-0.4, -0.2) is 39.9 Å². The number of nitro groups is 1. The van der Waals surface area contributed by atoms with E-state index in [1.54, 1.807) is 6.92 Å². The van der Waals surface area contributed by atoms with Crippen LogP contribution in [0.4, 0.5) is 5.69 Å². The SMILES string of the molecule is Cc1cc([N+](=O)[O-])ccc1C(=O)N1CC(C(=O)O)C(c2ccccc2)C1. The van der Waals surface area contributed by atoms with E-state index in [0.717, 1.165) is 5.56 Å². The van der Waals surface area contributed by atoms with Gasteiger partial charge in [-0.3, -0.25) is 19.7 Å². The number of rotatable bonds is 4. The van der Waals surface area contributed by atoms with Crippen molar-refractivity contribution in [2.45, 2.75) is 12.8 Å². The van der Waals surface area contributed by atoms with Crippen molar-refractivity contribution < 1.29 is 19.6 Å². The minimum Gasteiger partial charge on any atom is -0.481 e. The zero-order chi connectivity index (χ0) is 18.8. The molecule has 1 aliphatic heterocycles. The number of likely N-dealkylation sites (tertiary alicyclic amines) is 1. The van der Waals surface area contributed by atoms with Crippen LogP contribution in [0.5, 0.6) is 0 Å². The first-order chi connectivity index (χ1) is 12.4. The van der Waals surface area contributed by atoms with Gasteiger partial charge in [0.25, 0.3) is 11.6 Å². The van der Waals surface area contributed by atoms with Gasteiger partial charge in [0.15, 0.2) is 0 Å². The normalized spacial score (nSPS) is 19.3. The number of aryl methyl sites for hydroxylation is 1. The second kappa shape index (κ2) is 6.95. The zero-order valence-corrected chi connectivity index (χ0v) is 14.2. The average molecular weight is 354 g/mol. The summed E-state index contributed by atoms with van der Waals surface area (Å²) >= 11 is 0. The molecular weight excluding hydrogens is 336 g/mol. The lowest BCUT2D eigenvalue weighted by Gasteiger charge is -2.17. The van der Waals surface area contributed by atoms with Gasteiger partial charge < -0.3 is 10.0 Å². The molecule has 7 heteroatoms. The van der Waals surface area contributed by atoms with Gasteiger partial charge in [-0.15, -0.1) is 0 Å². The molecule has 7 nitrogen and oxygen atoms in total. The molecule has 0 aliphatic carbocycles. The first-order valence-corrected chi connectivity index (χ1v) is 8.20. The van der Waals surface area contributed by atoms with Gasteiger partial charge in [0.05, 0.1) is 10.8 Å². The lowest BCUT2D eigenvalue weighted by Crippen LogP contribution is -2.30. The van der Waals surface area contributed by atoms with E-state index in [1.165, 1.54) is 23.1 Å². The molecular formula is C19H18N2O5. The molecule has 1 saturated heterocycles. The Balaban J connectivity index is 1.87. The fourth-order valence-corrected chi connectivity index (χ4v) is 3.43. The van der Waals surface area contributed by atoms with E-state index >= 15 is 0 Å². The topological polar surface area (TPSA) is 101 Å². The third kappa shape index (κ3) is 3.28. The van der Waals surface area contributed by atoms with Crippen LogP contribution in [0.3, 0.4) is 0 Å². The van der Waals surface area contributed by atoms with Gasteiger partial charge in [-0.05, 0) is 24.1 Å². The highest BCUT2D eigenvalue weighted by atomic mass is 16.6. The van der Waals surface area contributed by atoms with Gasteiger partial charge in [0.1, 0.15) is 0 Å². The number of carboxylic acid groups (broad SMARTS) is 1. The standard InChI is InChI=1S/C19H18N2O5/c1-12-9-14(21(25)26)7-8-15(12)18(22)20-10-16(17(11-20)19(23)24)13-5-3-2-4-6-13/h2-9,16-17H,10-11H2,1H3,(H,23,24). The van der Waals surface area contributed by atoms with Gasteiger partial charge >= 0.3 is 5.97 Å². The second-order valence-electron chi connectivity index (χ2n) is 6.43. The molecule has 2 aromatic rings. The number of carbonyl (C=O) groups is 2. The Morgan fingerprint density at radius 1 is 1.15 bits per heavy atom. The van der Waals surface area contributed by atoms with Crippen LogP contribution in [0.15, 0.2) is 48.5 Å². The Hall–Kier alpha value is -3.22. The van der Waals surface area contributed by atoms with E-state index in [2.05, 4.69) is 0 Å². The summed E-state index contributed by atoms with van der Waals surface area (Å²) in [4.78, 5) is 36.4.